The number of aryl methyl sites for hydroxylation is 1. The summed E-state index contributed by atoms with van der Waals surface area (Å²) in [6.45, 7) is 4.36. The molecule has 2 aliphatic heterocycles. The van der Waals surface area contributed by atoms with E-state index in [9.17, 15) is 19.5 Å². The molecule has 2 heterocycles. The van der Waals surface area contributed by atoms with Crippen LogP contribution in [0.15, 0.2) is 52.1 Å². The number of rotatable bonds is 4. The molecule has 6 rings (SSSR count). The molecule has 35 heavy (non-hydrogen) atoms. The Bertz CT molecular complexity index is 1370. The highest BCUT2D eigenvalue weighted by Crippen LogP contribution is 2.65. The maximum absolute atomic E-state index is 12.7. The topological polar surface area (TPSA) is 83.9 Å². The summed E-state index contributed by atoms with van der Waals surface area (Å²) in [7, 11) is 0. The Hall–Kier alpha value is -3.25. The van der Waals surface area contributed by atoms with Gasteiger partial charge in [0.1, 0.15) is 6.10 Å². The first-order chi connectivity index (χ1) is 16.9. The van der Waals surface area contributed by atoms with Crippen LogP contribution in [0.2, 0.25) is 0 Å². The number of carbonyl (C=O) groups is 1. The van der Waals surface area contributed by atoms with Gasteiger partial charge in [0.15, 0.2) is 5.75 Å². The van der Waals surface area contributed by atoms with Crippen LogP contribution in [0.5, 0.6) is 5.75 Å². The largest absolute Gasteiger partial charge is 0.503 e. The van der Waals surface area contributed by atoms with Crippen LogP contribution in [-0.4, -0.2) is 41.7 Å². The summed E-state index contributed by atoms with van der Waals surface area (Å²) >= 11 is 0. The van der Waals surface area contributed by atoms with Crippen molar-refractivity contribution in [1.82, 2.24) is 4.90 Å². The quantitative estimate of drug-likeness (QED) is 0.584. The van der Waals surface area contributed by atoms with Gasteiger partial charge in [0.2, 0.25) is 5.43 Å². The number of aromatic hydroxyl groups is 1. The van der Waals surface area contributed by atoms with Crippen molar-refractivity contribution in [1.29, 1.82) is 0 Å². The fourth-order valence-electron chi connectivity index (χ4n) is 6.15. The van der Waals surface area contributed by atoms with Crippen LogP contribution in [0, 0.1) is 12.3 Å². The van der Waals surface area contributed by atoms with Gasteiger partial charge in [-0.25, -0.2) is 0 Å². The van der Waals surface area contributed by atoms with Gasteiger partial charge in [0.05, 0.1) is 5.56 Å². The number of hydrogen-bond donors (Lipinski definition) is 1. The van der Waals surface area contributed by atoms with E-state index in [1.165, 1.54) is 12.0 Å². The zero-order valence-corrected chi connectivity index (χ0v) is 19.9. The van der Waals surface area contributed by atoms with E-state index in [4.69, 9.17) is 4.74 Å². The van der Waals surface area contributed by atoms with Gasteiger partial charge in [0, 0.05) is 19.7 Å². The molecule has 6 heteroatoms. The molecule has 3 fully saturated rings. The molecule has 0 aromatic heterocycles. The summed E-state index contributed by atoms with van der Waals surface area (Å²) in [4.78, 5) is 38.0. The average molecular weight is 472 g/mol. The number of benzene rings is 2. The molecule has 1 saturated carbocycles. The standard InChI is InChI=1S/C29H29NO5/c1-17-4-5-20(24-25(31)27(33)26(24)32)15-21(17)18-6-8-19(9-7-18)22-16-29(22)10-12-30(13-11-29)28(34)23-3-2-14-35-23/h4-9,15,22-23,31H,2-3,10-14,16H2,1H3/t22?,23-/m1/s1. The first-order valence-corrected chi connectivity index (χ1v) is 12.5. The minimum Gasteiger partial charge on any atom is -0.503 e. The molecule has 0 radical (unpaired) electrons. The van der Waals surface area contributed by atoms with Gasteiger partial charge in [-0.15, -0.1) is 0 Å². The van der Waals surface area contributed by atoms with Gasteiger partial charge in [-0.05, 0) is 84.2 Å². The number of likely N-dealkylation sites (tertiary alicyclic amines) is 1. The van der Waals surface area contributed by atoms with Gasteiger partial charge in [0.25, 0.3) is 11.3 Å². The minimum absolute atomic E-state index is 0.108. The van der Waals surface area contributed by atoms with Crippen molar-refractivity contribution in [2.45, 2.75) is 51.0 Å². The predicted molar refractivity (Wildman–Crippen MR) is 133 cm³/mol. The summed E-state index contributed by atoms with van der Waals surface area (Å²) in [6.07, 6.45) is 4.87. The fraction of sp³-hybridized carbons (Fsp3) is 0.414. The first kappa shape index (κ1) is 22.2. The highest BCUT2D eigenvalue weighted by Gasteiger charge is 2.55. The zero-order chi connectivity index (χ0) is 24.3. The normalized spacial score (nSPS) is 23.2. The smallest absolute Gasteiger partial charge is 0.268 e. The van der Waals surface area contributed by atoms with Crippen molar-refractivity contribution in [3.8, 4) is 28.0 Å². The number of piperidine rings is 1. The van der Waals surface area contributed by atoms with E-state index in [1.54, 1.807) is 6.07 Å². The number of nitrogens with zero attached hydrogens (tertiary/aromatic N) is 1. The predicted octanol–water partition coefficient (Wildman–Crippen LogP) is 3.91. The lowest BCUT2D eigenvalue weighted by atomic mass is 9.87. The Balaban J connectivity index is 1.15. The lowest BCUT2D eigenvalue weighted by Crippen LogP contribution is -2.44. The van der Waals surface area contributed by atoms with E-state index in [0.29, 0.717) is 23.5 Å². The molecule has 3 aromatic carbocycles. The van der Waals surface area contributed by atoms with Crippen LogP contribution in [0.1, 0.15) is 49.1 Å². The van der Waals surface area contributed by atoms with Crippen LogP contribution in [0.4, 0.5) is 0 Å². The van der Waals surface area contributed by atoms with Gasteiger partial charge < -0.3 is 14.7 Å². The average Bonchev–Trinajstić information content (AvgIpc) is 3.30. The maximum Gasteiger partial charge on any atom is 0.268 e. The van der Waals surface area contributed by atoms with Crippen molar-refractivity contribution < 1.29 is 14.6 Å². The second-order valence-electron chi connectivity index (χ2n) is 10.5. The number of ether oxygens (including phenoxy) is 1. The Morgan fingerprint density at radius 1 is 1.03 bits per heavy atom. The zero-order valence-electron chi connectivity index (χ0n) is 19.9. The first-order valence-electron chi connectivity index (χ1n) is 12.5. The molecule has 1 N–H and O–H groups in total. The molecule has 0 bridgehead atoms. The summed E-state index contributed by atoms with van der Waals surface area (Å²) in [5.74, 6) is 0.265. The van der Waals surface area contributed by atoms with E-state index < -0.39 is 16.6 Å². The highest BCUT2D eigenvalue weighted by molar-refractivity contribution is 5.81. The minimum atomic E-state index is -0.813. The van der Waals surface area contributed by atoms with Crippen LogP contribution >= 0.6 is 0 Å². The summed E-state index contributed by atoms with van der Waals surface area (Å²) in [5, 5.41) is 9.84. The third-order valence-corrected chi connectivity index (χ3v) is 8.50. The van der Waals surface area contributed by atoms with Crippen molar-refractivity contribution in [2.75, 3.05) is 19.7 Å². The third-order valence-electron chi connectivity index (χ3n) is 8.50. The van der Waals surface area contributed by atoms with Crippen molar-refractivity contribution in [3.05, 3.63) is 74.0 Å². The Kier molecular flexibility index (Phi) is 5.18. The molecule has 3 aromatic rings. The lowest BCUT2D eigenvalue weighted by Gasteiger charge is -2.34. The van der Waals surface area contributed by atoms with Gasteiger partial charge in [-0.3, -0.25) is 14.4 Å². The monoisotopic (exact) mass is 471 g/mol. The van der Waals surface area contributed by atoms with Gasteiger partial charge in [-0.2, -0.15) is 0 Å². The fourth-order valence-corrected chi connectivity index (χ4v) is 6.15. The summed E-state index contributed by atoms with van der Waals surface area (Å²) in [5.41, 5.74) is 3.96. The van der Waals surface area contributed by atoms with Gasteiger partial charge in [-0.1, -0.05) is 36.4 Å². The molecule has 180 valence electrons. The van der Waals surface area contributed by atoms with Crippen LogP contribution in [0.3, 0.4) is 0 Å². The number of amides is 1. The SMILES string of the molecule is Cc1ccc(-c2c(O)c(=O)c2=O)cc1-c1ccc(C2CC23CCN(C(=O)[C@H]2CCCO2)CC3)cc1. The van der Waals surface area contributed by atoms with Gasteiger partial charge >= 0.3 is 0 Å². The molecule has 2 saturated heterocycles. The molecular weight excluding hydrogens is 442 g/mol. The van der Waals surface area contributed by atoms with Crippen molar-refractivity contribution >= 4 is 5.91 Å². The van der Waals surface area contributed by atoms with E-state index in [1.807, 2.05) is 24.0 Å². The molecule has 2 atom stereocenters. The maximum atomic E-state index is 12.7. The summed E-state index contributed by atoms with van der Waals surface area (Å²) < 4.78 is 5.59. The molecule has 6 nitrogen and oxygen atoms in total. The van der Waals surface area contributed by atoms with E-state index >= 15 is 0 Å². The molecule has 3 aliphatic rings. The Morgan fingerprint density at radius 3 is 2.40 bits per heavy atom. The number of carbonyl (C=O) groups excluding carboxylic acids is 1. The summed E-state index contributed by atoms with van der Waals surface area (Å²) in [6, 6.07) is 14.2. The van der Waals surface area contributed by atoms with Crippen molar-refractivity contribution in [3.63, 3.8) is 0 Å². The molecule has 1 unspecified atom stereocenters. The molecule has 1 aliphatic carbocycles. The molecule has 1 amide bonds. The van der Waals surface area contributed by atoms with Crippen molar-refractivity contribution in [2.24, 2.45) is 5.41 Å². The molecule has 1 spiro atoms. The van der Waals surface area contributed by atoms with Crippen LogP contribution in [-0.2, 0) is 9.53 Å². The second-order valence-corrected chi connectivity index (χ2v) is 10.5. The Morgan fingerprint density at radius 2 is 1.74 bits per heavy atom. The van der Waals surface area contributed by atoms with E-state index in [2.05, 4.69) is 24.3 Å². The van der Waals surface area contributed by atoms with E-state index in [0.717, 1.165) is 55.5 Å². The highest BCUT2D eigenvalue weighted by atomic mass is 16.5. The van der Waals surface area contributed by atoms with Crippen LogP contribution < -0.4 is 10.9 Å². The lowest BCUT2D eigenvalue weighted by molar-refractivity contribution is -0.142. The number of hydrogen-bond acceptors (Lipinski definition) is 5. The van der Waals surface area contributed by atoms with Crippen LogP contribution in [0.25, 0.3) is 22.3 Å². The Labute approximate surface area is 203 Å². The second kappa shape index (κ2) is 8.16. The third kappa shape index (κ3) is 3.62. The van der Waals surface area contributed by atoms with E-state index in [-0.39, 0.29) is 17.6 Å². The molecular formula is C29H29NO5.